The monoisotopic (exact) mass is 395 g/mol. The molecule has 0 saturated heterocycles. The summed E-state index contributed by atoms with van der Waals surface area (Å²) in [4.78, 5) is 2.39. The second kappa shape index (κ2) is 11.0. The summed E-state index contributed by atoms with van der Waals surface area (Å²) < 4.78 is 6.78. The molecule has 3 rings (SSSR count). The van der Waals surface area contributed by atoms with Crippen LogP contribution in [0, 0.1) is 0 Å². The van der Waals surface area contributed by atoms with E-state index in [1.807, 2.05) is 0 Å². The smallest absolute Gasteiger partial charge is 0.143 e. The normalized spacial score (nSPS) is 11.2. The molecular weight excluding hydrogens is 366 g/mol. The van der Waals surface area contributed by atoms with Gasteiger partial charge in [-0.05, 0) is 29.8 Å². The summed E-state index contributed by atoms with van der Waals surface area (Å²) in [5.74, 6) is 0. The molecule has 3 heteroatoms. The van der Waals surface area contributed by atoms with Crippen molar-refractivity contribution in [3.05, 3.63) is 108 Å². The molecule has 3 aromatic carbocycles. The number of likely N-dealkylation sites (N-methyl/N-ethyl adjacent to an activating group) is 1. The SMILES string of the molecule is CCN(CC)CCOC(c1ccccc1)(c1ccccc1)c1ccccc1.Cl. The number of hydrogen-bond acceptors (Lipinski definition) is 2. The van der Waals surface area contributed by atoms with E-state index < -0.39 is 5.60 Å². The molecule has 0 fully saturated rings. The minimum absolute atomic E-state index is 0. The third kappa shape index (κ3) is 4.82. The van der Waals surface area contributed by atoms with Crippen molar-refractivity contribution in [2.75, 3.05) is 26.2 Å². The number of ether oxygens (including phenoxy) is 1. The highest BCUT2D eigenvalue weighted by atomic mass is 35.5. The molecular formula is C25H30ClNO. The van der Waals surface area contributed by atoms with E-state index in [0.29, 0.717) is 6.61 Å². The molecule has 0 aliphatic carbocycles. The predicted molar refractivity (Wildman–Crippen MR) is 120 cm³/mol. The van der Waals surface area contributed by atoms with E-state index >= 15 is 0 Å². The largest absolute Gasteiger partial charge is 0.360 e. The fourth-order valence-electron chi connectivity index (χ4n) is 3.64. The molecule has 0 atom stereocenters. The zero-order valence-electron chi connectivity index (χ0n) is 16.8. The highest BCUT2D eigenvalue weighted by molar-refractivity contribution is 5.85. The van der Waals surface area contributed by atoms with Gasteiger partial charge in [0.1, 0.15) is 5.60 Å². The van der Waals surface area contributed by atoms with Gasteiger partial charge in [-0.3, -0.25) is 0 Å². The molecule has 0 bridgehead atoms. The number of nitrogens with zero attached hydrogens (tertiary/aromatic N) is 1. The molecule has 2 nitrogen and oxygen atoms in total. The van der Waals surface area contributed by atoms with Gasteiger partial charge in [-0.1, -0.05) is 105 Å². The van der Waals surface area contributed by atoms with Crippen LogP contribution in [-0.4, -0.2) is 31.1 Å². The van der Waals surface area contributed by atoms with Gasteiger partial charge in [-0.15, -0.1) is 12.4 Å². The Balaban J connectivity index is 0.00000280. The zero-order valence-corrected chi connectivity index (χ0v) is 17.6. The Morgan fingerprint density at radius 3 is 1.32 bits per heavy atom. The highest BCUT2D eigenvalue weighted by Gasteiger charge is 2.37. The average Bonchev–Trinajstić information content (AvgIpc) is 2.76. The topological polar surface area (TPSA) is 12.5 Å². The first-order valence-corrected chi connectivity index (χ1v) is 9.84. The fourth-order valence-corrected chi connectivity index (χ4v) is 3.64. The summed E-state index contributed by atoms with van der Waals surface area (Å²) in [6, 6.07) is 31.7. The van der Waals surface area contributed by atoms with Gasteiger partial charge < -0.3 is 9.64 Å². The third-order valence-electron chi connectivity index (χ3n) is 5.16. The molecule has 0 heterocycles. The van der Waals surface area contributed by atoms with Crippen LogP contribution in [0.1, 0.15) is 30.5 Å². The maximum Gasteiger partial charge on any atom is 0.143 e. The molecule has 0 saturated carbocycles. The maximum absolute atomic E-state index is 6.78. The first-order chi connectivity index (χ1) is 13.3. The van der Waals surface area contributed by atoms with Gasteiger partial charge in [0.25, 0.3) is 0 Å². The molecule has 0 radical (unpaired) electrons. The summed E-state index contributed by atoms with van der Waals surface area (Å²) in [5.41, 5.74) is 2.85. The molecule has 0 spiro atoms. The van der Waals surface area contributed by atoms with Gasteiger partial charge >= 0.3 is 0 Å². The van der Waals surface area contributed by atoms with Gasteiger partial charge in [-0.25, -0.2) is 0 Å². The highest BCUT2D eigenvalue weighted by Crippen LogP contribution is 2.40. The summed E-state index contributed by atoms with van der Waals surface area (Å²) in [6.07, 6.45) is 0. The first kappa shape index (κ1) is 22.2. The number of hydrogen-bond donors (Lipinski definition) is 0. The fraction of sp³-hybridized carbons (Fsp3) is 0.280. The Labute approximate surface area is 175 Å². The molecule has 0 N–H and O–H groups in total. The Bertz CT molecular complexity index is 692. The standard InChI is InChI=1S/C25H29NO.ClH/c1-3-26(4-2)20-21-27-25(22-14-8-5-9-15-22,23-16-10-6-11-17-23)24-18-12-7-13-19-24;/h5-19H,3-4,20-21H2,1-2H3;1H. The van der Waals surface area contributed by atoms with E-state index in [9.17, 15) is 0 Å². The number of halogens is 1. The minimum atomic E-state index is -0.614. The lowest BCUT2D eigenvalue weighted by molar-refractivity contribution is 0.00207. The maximum atomic E-state index is 6.78. The Hall–Kier alpha value is -2.13. The van der Waals surface area contributed by atoms with Crippen molar-refractivity contribution in [3.63, 3.8) is 0 Å². The lowest BCUT2D eigenvalue weighted by Gasteiger charge is -2.36. The van der Waals surface area contributed by atoms with E-state index in [1.54, 1.807) is 0 Å². The van der Waals surface area contributed by atoms with Crippen molar-refractivity contribution in [2.45, 2.75) is 19.4 Å². The van der Waals surface area contributed by atoms with Crippen molar-refractivity contribution in [1.82, 2.24) is 4.90 Å². The molecule has 3 aromatic rings. The Kier molecular flexibility index (Phi) is 8.72. The van der Waals surface area contributed by atoms with E-state index in [-0.39, 0.29) is 12.4 Å². The van der Waals surface area contributed by atoms with E-state index in [0.717, 1.165) is 36.3 Å². The zero-order chi connectivity index (χ0) is 19.0. The van der Waals surface area contributed by atoms with Crippen LogP contribution >= 0.6 is 12.4 Å². The van der Waals surface area contributed by atoms with Gasteiger partial charge in [0, 0.05) is 6.54 Å². The van der Waals surface area contributed by atoms with Crippen LogP contribution < -0.4 is 0 Å². The van der Waals surface area contributed by atoms with Crippen molar-refractivity contribution < 1.29 is 4.74 Å². The third-order valence-corrected chi connectivity index (χ3v) is 5.16. The summed E-state index contributed by atoms with van der Waals surface area (Å²) >= 11 is 0. The van der Waals surface area contributed by atoms with Gasteiger partial charge in [0.05, 0.1) is 6.61 Å². The first-order valence-electron chi connectivity index (χ1n) is 9.84. The van der Waals surface area contributed by atoms with Crippen LogP contribution in [0.25, 0.3) is 0 Å². The molecule has 0 unspecified atom stereocenters. The lowest BCUT2D eigenvalue weighted by Crippen LogP contribution is -2.36. The molecule has 0 aliphatic rings. The van der Waals surface area contributed by atoms with Crippen molar-refractivity contribution in [3.8, 4) is 0 Å². The van der Waals surface area contributed by atoms with Crippen molar-refractivity contribution in [2.24, 2.45) is 0 Å². The molecule has 148 valence electrons. The van der Waals surface area contributed by atoms with Gasteiger partial charge in [0.2, 0.25) is 0 Å². The molecule has 0 amide bonds. The summed E-state index contributed by atoms with van der Waals surface area (Å²) in [7, 11) is 0. The quantitative estimate of drug-likeness (QED) is 0.427. The predicted octanol–water partition coefficient (Wildman–Crippen LogP) is 5.76. The van der Waals surface area contributed by atoms with E-state index in [1.165, 1.54) is 0 Å². The molecule has 0 aromatic heterocycles. The van der Waals surface area contributed by atoms with Crippen LogP contribution in [0.15, 0.2) is 91.0 Å². The summed E-state index contributed by atoms with van der Waals surface area (Å²) in [5, 5.41) is 0. The van der Waals surface area contributed by atoms with Crippen molar-refractivity contribution in [1.29, 1.82) is 0 Å². The second-order valence-electron chi connectivity index (χ2n) is 6.65. The van der Waals surface area contributed by atoms with Crippen LogP contribution in [-0.2, 0) is 10.3 Å². The number of benzene rings is 3. The van der Waals surface area contributed by atoms with Gasteiger partial charge in [-0.2, -0.15) is 0 Å². The van der Waals surface area contributed by atoms with E-state index in [2.05, 4.69) is 110 Å². The van der Waals surface area contributed by atoms with Gasteiger partial charge in [0.15, 0.2) is 0 Å². The minimum Gasteiger partial charge on any atom is -0.360 e. The Morgan fingerprint density at radius 2 is 1.00 bits per heavy atom. The van der Waals surface area contributed by atoms with Crippen LogP contribution in [0.5, 0.6) is 0 Å². The summed E-state index contributed by atoms with van der Waals surface area (Å²) in [6.45, 7) is 8.05. The van der Waals surface area contributed by atoms with Crippen LogP contribution in [0.4, 0.5) is 0 Å². The second-order valence-corrected chi connectivity index (χ2v) is 6.65. The van der Waals surface area contributed by atoms with E-state index in [4.69, 9.17) is 4.74 Å². The average molecular weight is 396 g/mol. The molecule has 0 aliphatic heterocycles. The van der Waals surface area contributed by atoms with Crippen LogP contribution in [0.3, 0.4) is 0 Å². The molecule has 28 heavy (non-hydrogen) atoms. The Morgan fingerprint density at radius 1 is 0.643 bits per heavy atom. The van der Waals surface area contributed by atoms with Crippen LogP contribution in [0.2, 0.25) is 0 Å². The number of rotatable bonds is 9. The lowest BCUT2D eigenvalue weighted by atomic mass is 9.80. The van der Waals surface area contributed by atoms with Crippen molar-refractivity contribution >= 4 is 12.4 Å².